The van der Waals surface area contributed by atoms with Crippen LogP contribution in [-0.2, 0) is 4.74 Å². The van der Waals surface area contributed by atoms with Gasteiger partial charge in [0.05, 0.1) is 0 Å². The third-order valence-electron chi connectivity index (χ3n) is 5.84. The molecule has 3 atom stereocenters. The van der Waals surface area contributed by atoms with E-state index < -0.39 is 0 Å². The highest BCUT2D eigenvalue weighted by Gasteiger charge is 2.62. The first-order valence-corrected chi connectivity index (χ1v) is 7.07. The minimum Gasteiger partial charge on any atom is -0.457 e. The number of carbonyl (C=O) groups is 1. The summed E-state index contributed by atoms with van der Waals surface area (Å²) in [5.41, 5.74) is 0.788. The second kappa shape index (κ2) is 4.06. The van der Waals surface area contributed by atoms with Crippen LogP contribution in [0.3, 0.4) is 0 Å². The SMILES string of the molecule is CC1(C)[C@H]2CC[C@@]1(C)[C@H](OC(=O)c1ccccn1)C2. The van der Waals surface area contributed by atoms with Crippen LogP contribution in [0.25, 0.3) is 0 Å². The Morgan fingerprint density at radius 3 is 2.68 bits per heavy atom. The van der Waals surface area contributed by atoms with E-state index in [0.29, 0.717) is 11.6 Å². The summed E-state index contributed by atoms with van der Waals surface area (Å²) < 4.78 is 5.77. The van der Waals surface area contributed by atoms with Gasteiger partial charge in [-0.3, -0.25) is 0 Å². The molecule has 2 aliphatic carbocycles. The van der Waals surface area contributed by atoms with Gasteiger partial charge < -0.3 is 4.74 Å². The molecule has 2 bridgehead atoms. The Kier molecular flexibility index (Phi) is 2.70. The molecule has 2 aliphatic rings. The molecule has 1 heterocycles. The number of hydrogen-bond acceptors (Lipinski definition) is 3. The van der Waals surface area contributed by atoms with Crippen molar-refractivity contribution in [2.24, 2.45) is 16.7 Å². The average molecular weight is 259 g/mol. The molecule has 19 heavy (non-hydrogen) atoms. The molecule has 3 heteroatoms. The summed E-state index contributed by atoms with van der Waals surface area (Å²) in [6.07, 6.45) is 5.09. The molecule has 0 N–H and O–H groups in total. The van der Waals surface area contributed by atoms with Crippen molar-refractivity contribution in [1.82, 2.24) is 4.98 Å². The molecule has 0 aliphatic heterocycles. The van der Waals surface area contributed by atoms with Crippen molar-refractivity contribution in [3.8, 4) is 0 Å². The standard InChI is InChI=1S/C16H21NO2/c1-15(2)11-7-8-16(15,3)13(10-11)19-14(18)12-6-4-5-9-17-12/h4-6,9,11,13H,7-8,10H2,1-3H3/t11-,13+,16-/m0/s1. The highest BCUT2D eigenvalue weighted by Crippen LogP contribution is 2.66. The lowest BCUT2D eigenvalue weighted by atomic mass is 9.70. The van der Waals surface area contributed by atoms with E-state index in [9.17, 15) is 4.79 Å². The predicted molar refractivity (Wildman–Crippen MR) is 72.7 cm³/mol. The first-order valence-electron chi connectivity index (χ1n) is 7.07. The number of nitrogens with zero attached hydrogens (tertiary/aromatic N) is 1. The van der Waals surface area contributed by atoms with Crippen LogP contribution in [0.15, 0.2) is 24.4 Å². The fourth-order valence-electron chi connectivity index (χ4n) is 3.98. The molecule has 2 fully saturated rings. The van der Waals surface area contributed by atoms with E-state index in [1.54, 1.807) is 18.3 Å². The van der Waals surface area contributed by atoms with Crippen molar-refractivity contribution in [3.63, 3.8) is 0 Å². The molecular formula is C16H21NO2. The zero-order valence-electron chi connectivity index (χ0n) is 11.8. The van der Waals surface area contributed by atoms with Crippen LogP contribution < -0.4 is 0 Å². The smallest absolute Gasteiger partial charge is 0.357 e. The number of pyridine rings is 1. The van der Waals surface area contributed by atoms with Crippen molar-refractivity contribution < 1.29 is 9.53 Å². The molecule has 0 radical (unpaired) electrons. The number of hydrogen-bond donors (Lipinski definition) is 0. The Hall–Kier alpha value is -1.38. The molecule has 0 aromatic carbocycles. The molecule has 102 valence electrons. The predicted octanol–water partition coefficient (Wildman–Crippen LogP) is 3.45. The third kappa shape index (κ3) is 1.71. The van der Waals surface area contributed by atoms with Gasteiger partial charge in [-0.2, -0.15) is 0 Å². The zero-order chi connectivity index (χ0) is 13.7. The van der Waals surface area contributed by atoms with E-state index in [1.165, 1.54) is 6.42 Å². The monoisotopic (exact) mass is 259 g/mol. The van der Waals surface area contributed by atoms with Gasteiger partial charge >= 0.3 is 5.97 Å². The van der Waals surface area contributed by atoms with E-state index in [1.807, 2.05) is 6.07 Å². The molecule has 1 aromatic heterocycles. The van der Waals surface area contributed by atoms with Crippen molar-refractivity contribution in [2.75, 3.05) is 0 Å². The molecule has 0 amide bonds. The highest BCUT2D eigenvalue weighted by molar-refractivity contribution is 5.87. The first kappa shape index (κ1) is 12.6. The number of aromatic nitrogens is 1. The maximum atomic E-state index is 12.1. The lowest BCUT2D eigenvalue weighted by Gasteiger charge is -2.38. The van der Waals surface area contributed by atoms with Gasteiger partial charge in [-0.1, -0.05) is 26.8 Å². The summed E-state index contributed by atoms with van der Waals surface area (Å²) in [6, 6.07) is 5.33. The number of ether oxygens (including phenoxy) is 1. The van der Waals surface area contributed by atoms with Crippen LogP contribution in [0.5, 0.6) is 0 Å². The highest BCUT2D eigenvalue weighted by atomic mass is 16.5. The first-order chi connectivity index (χ1) is 8.95. The molecule has 0 unspecified atom stereocenters. The van der Waals surface area contributed by atoms with Crippen LogP contribution in [0.2, 0.25) is 0 Å². The summed E-state index contributed by atoms with van der Waals surface area (Å²) in [4.78, 5) is 16.2. The van der Waals surface area contributed by atoms with Gasteiger partial charge in [-0.05, 0) is 42.7 Å². The lowest BCUT2D eigenvalue weighted by Crippen LogP contribution is -2.38. The van der Waals surface area contributed by atoms with Gasteiger partial charge in [-0.25, -0.2) is 9.78 Å². The molecule has 3 nitrogen and oxygen atoms in total. The minimum absolute atomic E-state index is 0.0377. The van der Waals surface area contributed by atoms with E-state index in [2.05, 4.69) is 25.8 Å². The van der Waals surface area contributed by atoms with E-state index in [0.717, 1.165) is 12.8 Å². The van der Waals surface area contributed by atoms with Crippen molar-refractivity contribution in [2.45, 2.75) is 46.1 Å². The molecule has 0 saturated heterocycles. The molecule has 3 rings (SSSR count). The van der Waals surface area contributed by atoms with Crippen LogP contribution >= 0.6 is 0 Å². The fraction of sp³-hybridized carbons (Fsp3) is 0.625. The number of rotatable bonds is 2. The maximum absolute atomic E-state index is 12.1. The van der Waals surface area contributed by atoms with E-state index in [-0.39, 0.29) is 22.9 Å². The zero-order valence-corrected chi connectivity index (χ0v) is 11.8. The van der Waals surface area contributed by atoms with Gasteiger partial charge in [0.2, 0.25) is 0 Å². The van der Waals surface area contributed by atoms with E-state index in [4.69, 9.17) is 4.74 Å². The van der Waals surface area contributed by atoms with Crippen LogP contribution in [0.1, 0.15) is 50.5 Å². The van der Waals surface area contributed by atoms with Gasteiger partial charge in [0.15, 0.2) is 0 Å². The average Bonchev–Trinajstić information content (AvgIpc) is 2.73. The molecule has 0 spiro atoms. The number of esters is 1. The summed E-state index contributed by atoms with van der Waals surface area (Å²) in [6.45, 7) is 6.91. The van der Waals surface area contributed by atoms with Crippen molar-refractivity contribution >= 4 is 5.97 Å². The quantitative estimate of drug-likeness (QED) is 0.764. The fourth-order valence-corrected chi connectivity index (χ4v) is 3.98. The Morgan fingerprint density at radius 1 is 1.37 bits per heavy atom. The normalized spacial score (nSPS) is 35.3. The summed E-state index contributed by atoms with van der Waals surface area (Å²) in [7, 11) is 0. The van der Waals surface area contributed by atoms with Gasteiger partial charge in [0, 0.05) is 11.6 Å². The second-order valence-corrected chi connectivity index (χ2v) is 6.72. The van der Waals surface area contributed by atoms with E-state index >= 15 is 0 Å². The largest absolute Gasteiger partial charge is 0.457 e. The number of fused-ring (bicyclic) bond motifs is 2. The molecule has 1 aromatic rings. The summed E-state index contributed by atoms with van der Waals surface area (Å²) in [5.74, 6) is 0.397. The second-order valence-electron chi connectivity index (χ2n) is 6.72. The molecular weight excluding hydrogens is 238 g/mol. The lowest BCUT2D eigenvalue weighted by molar-refractivity contribution is -0.0247. The Morgan fingerprint density at radius 2 is 2.16 bits per heavy atom. The Labute approximate surface area is 114 Å². The van der Waals surface area contributed by atoms with Gasteiger partial charge in [0.1, 0.15) is 11.8 Å². The summed E-state index contributed by atoms with van der Waals surface area (Å²) >= 11 is 0. The van der Waals surface area contributed by atoms with Crippen molar-refractivity contribution in [1.29, 1.82) is 0 Å². The molecule has 2 saturated carbocycles. The summed E-state index contributed by atoms with van der Waals surface area (Å²) in [5, 5.41) is 0. The third-order valence-corrected chi connectivity index (χ3v) is 5.84. The van der Waals surface area contributed by atoms with Crippen LogP contribution in [0.4, 0.5) is 0 Å². The number of carbonyl (C=O) groups excluding carboxylic acids is 1. The Bertz CT molecular complexity index is 497. The van der Waals surface area contributed by atoms with Gasteiger partial charge in [-0.15, -0.1) is 0 Å². The van der Waals surface area contributed by atoms with Gasteiger partial charge in [0.25, 0.3) is 0 Å². The maximum Gasteiger partial charge on any atom is 0.357 e. The van der Waals surface area contributed by atoms with Crippen LogP contribution in [0, 0.1) is 16.7 Å². The van der Waals surface area contributed by atoms with Crippen LogP contribution in [-0.4, -0.2) is 17.1 Å². The topological polar surface area (TPSA) is 39.2 Å². The Balaban J connectivity index is 1.78. The van der Waals surface area contributed by atoms with Crippen molar-refractivity contribution in [3.05, 3.63) is 30.1 Å². The minimum atomic E-state index is -0.282.